The molecule has 3 aromatic carbocycles. The molecule has 0 bridgehead atoms. The summed E-state index contributed by atoms with van der Waals surface area (Å²) in [6.07, 6.45) is 2.18. The Morgan fingerprint density at radius 2 is 1.68 bits per heavy atom. The maximum atomic E-state index is 12.5. The van der Waals surface area contributed by atoms with E-state index in [9.17, 15) is 25.0 Å². The molecule has 0 radical (unpaired) electrons. The Morgan fingerprint density at radius 3 is 2.34 bits per heavy atom. The highest BCUT2D eigenvalue weighted by Gasteiger charge is 2.22. The van der Waals surface area contributed by atoms with E-state index in [-0.39, 0.29) is 16.5 Å². The molecular weight excluding hydrogens is 520 g/mol. The number of hydrogen-bond donors (Lipinski definition) is 1. The van der Waals surface area contributed by atoms with E-state index in [2.05, 4.69) is 10.5 Å². The summed E-state index contributed by atoms with van der Waals surface area (Å²) in [5.41, 5.74) is 2.21. The van der Waals surface area contributed by atoms with Crippen LogP contribution in [0.1, 0.15) is 36.2 Å². The topological polar surface area (TPSA) is 155 Å². The molecule has 3 rings (SSSR count). The number of nitro benzene ring substituents is 2. The minimum Gasteiger partial charge on any atom is -0.490 e. The lowest BCUT2D eigenvalue weighted by Crippen LogP contribution is -2.17. The SMILES string of the molecule is CCCOc1ccc(C(=O)N/N=C/c2ccc(Oc3ccc([N+](=O)[O-])cc3[N+](=O)[O-])c(Cl)c2)cc1OCC. The van der Waals surface area contributed by atoms with Crippen LogP contribution in [0.3, 0.4) is 0 Å². The standard InChI is InChI=1S/C25H23ClN4O8/c1-3-11-37-23-9-6-17(13-24(23)36-4-2)25(31)28-27-15-16-5-8-21(19(26)12-16)38-22-10-7-18(29(32)33)14-20(22)30(34)35/h5-10,12-15H,3-4,11H2,1-2H3,(H,28,31)/b27-15+. The van der Waals surface area contributed by atoms with Crippen molar-refractivity contribution in [2.75, 3.05) is 13.2 Å². The van der Waals surface area contributed by atoms with Crippen LogP contribution < -0.4 is 19.6 Å². The van der Waals surface area contributed by atoms with E-state index < -0.39 is 27.1 Å². The third-order valence-corrected chi connectivity index (χ3v) is 5.17. The van der Waals surface area contributed by atoms with E-state index in [0.29, 0.717) is 35.8 Å². The first kappa shape index (κ1) is 27.9. The molecule has 0 spiro atoms. The molecule has 0 aliphatic carbocycles. The minimum absolute atomic E-state index is 0.0821. The van der Waals surface area contributed by atoms with Gasteiger partial charge in [0.25, 0.3) is 11.6 Å². The van der Waals surface area contributed by atoms with E-state index in [0.717, 1.165) is 24.6 Å². The summed E-state index contributed by atoms with van der Waals surface area (Å²) in [5.74, 6) is 0.395. The summed E-state index contributed by atoms with van der Waals surface area (Å²) in [7, 11) is 0. The molecule has 1 amide bonds. The number of benzene rings is 3. The second kappa shape index (κ2) is 13.0. The van der Waals surface area contributed by atoms with E-state index in [4.69, 9.17) is 25.8 Å². The summed E-state index contributed by atoms with van der Waals surface area (Å²) >= 11 is 6.25. The van der Waals surface area contributed by atoms with E-state index in [1.165, 1.54) is 18.3 Å². The van der Waals surface area contributed by atoms with Gasteiger partial charge in [-0.25, -0.2) is 5.43 Å². The van der Waals surface area contributed by atoms with Crippen LogP contribution in [0.25, 0.3) is 0 Å². The van der Waals surface area contributed by atoms with Crippen molar-refractivity contribution < 1.29 is 28.9 Å². The number of rotatable bonds is 12. The van der Waals surface area contributed by atoms with Crippen molar-refractivity contribution in [3.05, 3.63) is 91.0 Å². The molecular formula is C25H23ClN4O8. The van der Waals surface area contributed by atoms with Crippen LogP contribution in [0.4, 0.5) is 11.4 Å². The highest BCUT2D eigenvalue weighted by Crippen LogP contribution is 2.37. The number of carbonyl (C=O) groups is 1. The molecule has 12 nitrogen and oxygen atoms in total. The summed E-state index contributed by atoms with van der Waals surface area (Å²) in [6, 6.07) is 12.3. The number of hydrazone groups is 1. The molecule has 0 saturated carbocycles. The first-order chi connectivity index (χ1) is 18.2. The number of nitrogens with one attached hydrogen (secondary N) is 1. The van der Waals surface area contributed by atoms with E-state index >= 15 is 0 Å². The van der Waals surface area contributed by atoms with Crippen LogP contribution in [0.2, 0.25) is 5.02 Å². The Hall–Kier alpha value is -4.71. The fourth-order valence-electron chi connectivity index (χ4n) is 3.13. The first-order valence-electron chi connectivity index (χ1n) is 11.4. The van der Waals surface area contributed by atoms with Crippen LogP contribution in [-0.2, 0) is 0 Å². The molecule has 198 valence electrons. The fourth-order valence-corrected chi connectivity index (χ4v) is 3.35. The van der Waals surface area contributed by atoms with Gasteiger partial charge in [-0.15, -0.1) is 0 Å². The van der Waals surface area contributed by atoms with Gasteiger partial charge in [-0.1, -0.05) is 18.5 Å². The Morgan fingerprint density at radius 1 is 0.947 bits per heavy atom. The Balaban J connectivity index is 1.69. The van der Waals surface area contributed by atoms with Gasteiger partial charge >= 0.3 is 5.69 Å². The molecule has 0 fully saturated rings. The van der Waals surface area contributed by atoms with Crippen molar-refractivity contribution in [3.8, 4) is 23.0 Å². The molecule has 0 saturated heterocycles. The highest BCUT2D eigenvalue weighted by molar-refractivity contribution is 6.32. The van der Waals surface area contributed by atoms with Gasteiger partial charge in [0, 0.05) is 11.6 Å². The van der Waals surface area contributed by atoms with Gasteiger partial charge in [-0.05, 0) is 61.4 Å². The largest absolute Gasteiger partial charge is 0.490 e. The van der Waals surface area contributed by atoms with Gasteiger partial charge in [0.2, 0.25) is 5.75 Å². The maximum Gasteiger partial charge on any atom is 0.318 e. The van der Waals surface area contributed by atoms with Gasteiger partial charge in [0.15, 0.2) is 11.5 Å². The zero-order valence-corrected chi connectivity index (χ0v) is 21.1. The van der Waals surface area contributed by atoms with Crippen molar-refractivity contribution in [2.45, 2.75) is 20.3 Å². The van der Waals surface area contributed by atoms with Crippen LogP contribution >= 0.6 is 11.6 Å². The van der Waals surface area contributed by atoms with E-state index in [1.807, 2.05) is 13.8 Å². The normalized spacial score (nSPS) is 10.7. The lowest BCUT2D eigenvalue weighted by molar-refractivity contribution is -0.394. The second-order valence-corrected chi connectivity index (χ2v) is 8.01. The third kappa shape index (κ3) is 7.17. The first-order valence-corrected chi connectivity index (χ1v) is 11.7. The molecule has 38 heavy (non-hydrogen) atoms. The van der Waals surface area contributed by atoms with Gasteiger partial charge in [0.1, 0.15) is 5.75 Å². The number of non-ortho nitro benzene ring substituents is 1. The molecule has 13 heteroatoms. The lowest BCUT2D eigenvalue weighted by Gasteiger charge is -2.12. The number of carbonyl (C=O) groups excluding carboxylic acids is 1. The molecule has 3 aromatic rings. The minimum atomic E-state index is -0.789. The van der Waals surface area contributed by atoms with Gasteiger partial charge < -0.3 is 14.2 Å². The van der Waals surface area contributed by atoms with Crippen molar-refractivity contribution in [1.29, 1.82) is 0 Å². The monoisotopic (exact) mass is 542 g/mol. The van der Waals surface area contributed by atoms with Gasteiger partial charge in [-0.2, -0.15) is 5.10 Å². The quantitative estimate of drug-likeness (QED) is 0.168. The number of hydrogen-bond acceptors (Lipinski definition) is 9. The Kier molecular flexibility index (Phi) is 9.54. The molecule has 0 atom stereocenters. The van der Waals surface area contributed by atoms with E-state index in [1.54, 1.807) is 24.3 Å². The second-order valence-electron chi connectivity index (χ2n) is 7.60. The fraction of sp³-hybridized carbons (Fsp3) is 0.200. The maximum absolute atomic E-state index is 12.5. The summed E-state index contributed by atoms with van der Waals surface area (Å²) in [4.78, 5) is 33.2. The van der Waals surface area contributed by atoms with Crippen molar-refractivity contribution >= 4 is 35.1 Å². The number of nitro groups is 2. The zero-order valence-electron chi connectivity index (χ0n) is 20.4. The number of halogens is 1. The molecule has 0 aromatic heterocycles. The Bertz CT molecular complexity index is 1380. The molecule has 0 unspecified atom stereocenters. The third-order valence-electron chi connectivity index (χ3n) is 4.87. The summed E-state index contributed by atoms with van der Waals surface area (Å²) in [5, 5.41) is 26.3. The highest BCUT2D eigenvalue weighted by atomic mass is 35.5. The predicted octanol–water partition coefficient (Wildman–Crippen LogP) is 5.90. The Labute approximate surface area is 222 Å². The molecule has 0 aliphatic heterocycles. The summed E-state index contributed by atoms with van der Waals surface area (Å²) < 4.78 is 16.7. The summed E-state index contributed by atoms with van der Waals surface area (Å²) in [6.45, 7) is 4.74. The van der Waals surface area contributed by atoms with Gasteiger partial charge in [0.05, 0.1) is 40.4 Å². The number of amides is 1. The molecule has 0 aliphatic rings. The molecule has 1 N–H and O–H groups in total. The van der Waals surface area contributed by atoms with Crippen molar-refractivity contribution in [2.24, 2.45) is 5.10 Å². The van der Waals surface area contributed by atoms with Crippen LogP contribution in [0.15, 0.2) is 59.7 Å². The predicted molar refractivity (Wildman–Crippen MR) is 140 cm³/mol. The zero-order chi connectivity index (χ0) is 27.7. The van der Waals surface area contributed by atoms with Crippen LogP contribution in [0, 0.1) is 20.2 Å². The van der Waals surface area contributed by atoms with Crippen LogP contribution in [0.5, 0.6) is 23.0 Å². The lowest BCUT2D eigenvalue weighted by atomic mass is 10.2. The number of nitrogens with zero attached hydrogens (tertiary/aromatic N) is 3. The van der Waals surface area contributed by atoms with Crippen LogP contribution in [-0.4, -0.2) is 35.2 Å². The number of ether oxygens (including phenoxy) is 3. The van der Waals surface area contributed by atoms with Crippen molar-refractivity contribution in [1.82, 2.24) is 5.43 Å². The average Bonchev–Trinajstić information content (AvgIpc) is 2.89. The van der Waals surface area contributed by atoms with Gasteiger partial charge in [-0.3, -0.25) is 25.0 Å². The molecule has 0 heterocycles. The van der Waals surface area contributed by atoms with Crippen molar-refractivity contribution in [3.63, 3.8) is 0 Å². The smallest absolute Gasteiger partial charge is 0.318 e. The average molecular weight is 543 g/mol.